The molecule has 0 heterocycles. The maximum Gasteiger partial charge on any atom is 0.341 e. The van der Waals surface area contributed by atoms with Crippen molar-refractivity contribution in [2.75, 3.05) is 14.2 Å². The van der Waals surface area contributed by atoms with Gasteiger partial charge in [-0.2, -0.15) is 0 Å². The summed E-state index contributed by atoms with van der Waals surface area (Å²) in [6, 6.07) is 5.48. The van der Waals surface area contributed by atoms with Crippen LogP contribution in [0.2, 0.25) is 0 Å². The number of allylic oxidation sites excluding steroid dienone is 4. The van der Waals surface area contributed by atoms with E-state index in [1.807, 2.05) is 30.4 Å². The predicted molar refractivity (Wildman–Crippen MR) is 74.8 cm³/mol. The first-order chi connectivity index (χ1) is 9.17. The summed E-state index contributed by atoms with van der Waals surface area (Å²) in [6.45, 7) is 0. The molecule has 0 spiro atoms. The van der Waals surface area contributed by atoms with Gasteiger partial charge in [-0.1, -0.05) is 35.9 Å². The van der Waals surface area contributed by atoms with E-state index in [0.717, 1.165) is 17.0 Å². The first-order valence-corrected chi connectivity index (χ1v) is 6.34. The lowest BCUT2D eigenvalue weighted by molar-refractivity contribution is 0.0597. The highest BCUT2D eigenvalue weighted by atomic mass is 35.5. The van der Waals surface area contributed by atoms with E-state index in [2.05, 4.69) is 0 Å². The highest BCUT2D eigenvalue weighted by Gasteiger charge is 2.21. The lowest BCUT2D eigenvalue weighted by Crippen LogP contribution is -2.08. The van der Waals surface area contributed by atoms with Crippen LogP contribution in [0.1, 0.15) is 28.3 Å². The third-order valence-electron chi connectivity index (χ3n) is 3.11. The van der Waals surface area contributed by atoms with Crippen LogP contribution >= 0.6 is 11.6 Å². The maximum atomic E-state index is 11.7. The molecule has 19 heavy (non-hydrogen) atoms. The number of esters is 1. The summed E-state index contributed by atoms with van der Waals surface area (Å²) < 4.78 is 10.2. The second-order valence-corrected chi connectivity index (χ2v) is 4.65. The van der Waals surface area contributed by atoms with Crippen LogP contribution in [0.3, 0.4) is 0 Å². The van der Waals surface area contributed by atoms with Crippen molar-refractivity contribution in [1.82, 2.24) is 0 Å². The van der Waals surface area contributed by atoms with Gasteiger partial charge >= 0.3 is 5.97 Å². The van der Waals surface area contributed by atoms with Gasteiger partial charge in [0, 0.05) is 16.5 Å². The van der Waals surface area contributed by atoms with Crippen LogP contribution in [0.15, 0.2) is 41.5 Å². The van der Waals surface area contributed by atoms with Gasteiger partial charge in [-0.25, -0.2) is 4.79 Å². The molecule has 2 rings (SSSR count). The zero-order valence-electron chi connectivity index (χ0n) is 10.9. The van der Waals surface area contributed by atoms with Crippen molar-refractivity contribution in [2.24, 2.45) is 0 Å². The lowest BCUT2D eigenvalue weighted by Gasteiger charge is -2.19. The smallest absolute Gasteiger partial charge is 0.341 e. The maximum absolute atomic E-state index is 11.7. The number of methoxy groups -OCH3 is 2. The Labute approximate surface area is 117 Å². The van der Waals surface area contributed by atoms with E-state index in [-0.39, 0.29) is 5.92 Å². The van der Waals surface area contributed by atoms with Crippen molar-refractivity contribution < 1.29 is 14.3 Å². The molecule has 0 bridgehead atoms. The fraction of sp³-hybridized carbons (Fsp3) is 0.267. The molecule has 100 valence electrons. The van der Waals surface area contributed by atoms with Crippen LogP contribution in [0.25, 0.3) is 0 Å². The third kappa shape index (κ3) is 2.82. The van der Waals surface area contributed by atoms with Gasteiger partial charge in [0.1, 0.15) is 11.3 Å². The third-order valence-corrected chi connectivity index (χ3v) is 3.39. The Hall–Kier alpha value is -1.74. The first-order valence-electron chi connectivity index (χ1n) is 5.96. The number of hydrogen-bond acceptors (Lipinski definition) is 3. The minimum atomic E-state index is -0.396. The van der Waals surface area contributed by atoms with Crippen molar-refractivity contribution in [3.05, 3.63) is 52.6 Å². The van der Waals surface area contributed by atoms with Gasteiger partial charge in [0.15, 0.2) is 0 Å². The number of rotatable bonds is 3. The summed E-state index contributed by atoms with van der Waals surface area (Å²) in [5, 5.41) is 0.735. The van der Waals surface area contributed by atoms with E-state index in [1.54, 1.807) is 13.2 Å². The molecule has 1 aromatic carbocycles. The van der Waals surface area contributed by atoms with Crippen LogP contribution in [-0.2, 0) is 4.74 Å². The fourth-order valence-electron chi connectivity index (χ4n) is 2.17. The fourth-order valence-corrected chi connectivity index (χ4v) is 2.33. The van der Waals surface area contributed by atoms with E-state index in [0.29, 0.717) is 11.3 Å². The van der Waals surface area contributed by atoms with Crippen molar-refractivity contribution in [1.29, 1.82) is 0 Å². The molecule has 3 nitrogen and oxygen atoms in total. The van der Waals surface area contributed by atoms with E-state index in [1.165, 1.54) is 7.11 Å². The van der Waals surface area contributed by atoms with E-state index >= 15 is 0 Å². The highest BCUT2D eigenvalue weighted by Crippen LogP contribution is 2.36. The Morgan fingerprint density at radius 2 is 2.16 bits per heavy atom. The van der Waals surface area contributed by atoms with Gasteiger partial charge in [-0.3, -0.25) is 0 Å². The lowest BCUT2D eigenvalue weighted by atomic mass is 9.90. The van der Waals surface area contributed by atoms with Crippen LogP contribution in [0, 0.1) is 0 Å². The summed E-state index contributed by atoms with van der Waals surface area (Å²) in [4.78, 5) is 11.7. The number of para-hydroxylation sites is 1. The Bertz CT molecular complexity index is 546. The number of ether oxygens (including phenoxy) is 2. The molecule has 0 N–H and O–H groups in total. The SMILES string of the molecule is COC(=O)c1cccc(C2C=CC(Cl)=CC2)c1OC. The largest absolute Gasteiger partial charge is 0.496 e. The normalized spacial score (nSPS) is 17.8. The van der Waals surface area contributed by atoms with Crippen LogP contribution in [-0.4, -0.2) is 20.2 Å². The number of carbonyl (C=O) groups is 1. The Morgan fingerprint density at radius 1 is 1.37 bits per heavy atom. The van der Waals surface area contributed by atoms with Gasteiger partial charge in [0.05, 0.1) is 14.2 Å². The standard InChI is InChI=1S/C15H15ClO3/c1-18-14-12(10-6-8-11(16)9-7-10)4-3-5-13(14)15(17)19-2/h3-6,8-10H,7H2,1-2H3. The molecule has 1 aliphatic carbocycles. The van der Waals surface area contributed by atoms with Crippen LogP contribution < -0.4 is 4.74 Å². The topological polar surface area (TPSA) is 35.5 Å². The van der Waals surface area contributed by atoms with E-state index in [9.17, 15) is 4.79 Å². The molecule has 0 fully saturated rings. The van der Waals surface area contributed by atoms with Crippen molar-refractivity contribution in [2.45, 2.75) is 12.3 Å². The van der Waals surface area contributed by atoms with Gasteiger partial charge in [-0.15, -0.1) is 0 Å². The summed E-state index contributed by atoms with van der Waals surface area (Å²) in [5.74, 6) is 0.324. The molecule has 0 aliphatic heterocycles. The van der Waals surface area contributed by atoms with Crippen molar-refractivity contribution in [3.8, 4) is 5.75 Å². The number of benzene rings is 1. The monoisotopic (exact) mass is 278 g/mol. The molecule has 0 saturated heterocycles. The zero-order chi connectivity index (χ0) is 13.8. The second-order valence-electron chi connectivity index (χ2n) is 4.21. The number of hydrogen-bond donors (Lipinski definition) is 0. The molecule has 1 unspecified atom stereocenters. The minimum Gasteiger partial charge on any atom is -0.496 e. The Kier molecular flexibility index (Phi) is 4.27. The molecule has 1 aliphatic rings. The summed E-state index contributed by atoms with van der Waals surface area (Å²) in [7, 11) is 2.91. The summed E-state index contributed by atoms with van der Waals surface area (Å²) >= 11 is 5.92. The van der Waals surface area contributed by atoms with Gasteiger partial charge in [0.25, 0.3) is 0 Å². The number of halogens is 1. The van der Waals surface area contributed by atoms with Gasteiger partial charge < -0.3 is 9.47 Å². The average Bonchev–Trinajstić information content (AvgIpc) is 2.46. The summed E-state index contributed by atoms with van der Waals surface area (Å²) in [6.07, 6.45) is 6.62. The van der Waals surface area contributed by atoms with E-state index in [4.69, 9.17) is 21.1 Å². The Balaban J connectivity index is 2.41. The van der Waals surface area contributed by atoms with Crippen LogP contribution in [0.5, 0.6) is 5.75 Å². The predicted octanol–water partition coefficient (Wildman–Crippen LogP) is 3.65. The summed E-state index contributed by atoms with van der Waals surface area (Å²) in [5.41, 5.74) is 1.40. The molecule has 1 atom stereocenters. The molecular weight excluding hydrogens is 264 g/mol. The molecule has 0 radical (unpaired) electrons. The Morgan fingerprint density at radius 3 is 2.74 bits per heavy atom. The van der Waals surface area contributed by atoms with Crippen molar-refractivity contribution in [3.63, 3.8) is 0 Å². The molecule has 0 amide bonds. The number of carbonyl (C=O) groups excluding carboxylic acids is 1. The quantitative estimate of drug-likeness (QED) is 0.792. The second kappa shape index (κ2) is 5.93. The zero-order valence-corrected chi connectivity index (χ0v) is 11.6. The molecule has 0 aromatic heterocycles. The molecular formula is C15H15ClO3. The van der Waals surface area contributed by atoms with E-state index < -0.39 is 5.97 Å². The van der Waals surface area contributed by atoms with Crippen molar-refractivity contribution >= 4 is 17.6 Å². The van der Waals surface area contributed by atoms with Gasteiger partial charge in [-0.05, 0) is 18.6 Å². The van der Waals surface area contributed by atoms with Crippen LogP contribution in [0.4, 0.5) is 0 Å². The van der Waals surface area contributed by atoms with Gasteiger partial charge in [0.2, 0.25) is 0 Å². The molecule has 1 aromatic rings. The first kappa shape index (κ1) is 13.7. The molecule has 0 saturated carbocycles. The molecule has 4 heteroatoms. The average molecular weight is 279 g/mol. The highest BCUT2D eigenvalue weighted by molar-refractivity contribution is 6.31. The minimum absolute atomic E-state index is 0.155.